The van der Waals surface area contributed by atoms with E-state index in [1.165, 1.54) is 13.8 Å². The molecule has 1 aromatic rings. The number of methoxy groups -OCH3 is 1. The number of ether oxygens (including phenoxy) is 1. The molecule has 0 aromatic heterocycles. The van der Waals surface area contributed by atoms with Crippen LogP contribution < -0.4 is 5.32 Å². The van der Waals surface area contributed by atoms with E-state index in [9.17, 15) is 18.4 Å². The highest BCUT2D eigenvalue weighted by Gasteiger charge is 2.39. The van der Waals surface area contributed by atoms with Gasteiger partial charge < -0.3 is 10.1 Å². The molecule has 0 aliphatic carbocycles. The van der Waals surface area contributed by atoms with E-state index < -0.39 is 29.0 Å². The maximum atomic E-state index is 13.7. The normalized spacial score (nSPS) is 13.6. The molecule has 0 radical (unpaired) electrons. The van der Waals surface area contributed by atoms with Crippen LogP contribution in [0.5, 0.6) is 0 Å². The average molecular weight is 257 g/mol. The second kappa shape index (κ2) is 5.12. The van der Waals surface area contributed by atoms with Gasteiger partial charge in [0.2, 0.25) is 5.91 Å². The number of hydrogen-bond acceptors (Lipinski definition) is 3. The average Bonchev–Trinajstić information content (AvgIpc) is 2.30. The SMILES string of the molecule is COC(=O)C(C)(NC(C)=O)c1cc(F)ccc1F. The van der Waals surface area contributed by atoms with Crippen molar-refractivity contribution in [2.75, 3.05) is 7.11 Å². The molecule has 1 N–H and O–H groups in total. The topological polar surface area (TPSA) is 55.4 Å². The van der Waals surface area contributed by atoms with Crippen molar-refractivity contribution < 1.29 is 23.1 Å². The molecule has 0 heterocycles. The molecule has 0 spiro atoms. The van der Waals surface area contributed by atoms with E-state index in [-0.39, 0.29) is 5.56 Å². The molecule has 98 valence electrons. The monoisotopic (exact) mass is 257 g/mol. The number of carbonyl (C=O) groups excluding carboxylic acids is 2. The fraction of sp³-hybridized carbons (Fsp3) is 0.333. The Morgan fingerprint density at radius 3 is 2.44 bits per heavy atom. The van der Waals surface area contributed by atoms with E-state index in [0.29, 0.717) is 0 Å². The minimum Gasteiger partial charge on any atom is -0.467 e. The molecule has 18 heavy (non-hydrogen) atoms. The van der Waals surface area contributed by atoms with Gasteiger partial charge in [-0.15, -0.1) is 0 Å². The first kappa shape index (κ1) is 14.1. The van der Waals surface area contributed by atoms with Gasteiger partial charge in [0, 0.05) is 12.5 Å². The first-order chi connectivity index (χ1) is 8.31. The van der Waals surface area contributed by atoms with Crippen molar-refractivity contribution in [1.82, 2.24) is 5.32 Å². The number of halogens is 2. The number of rotatable bonds is 3. The third-order valence-corrected chi connectivity index (χ3v) is 2.49. The molecular formula is C12H13F2NO3. The van der Waals surface area contributed by atoms with E-state index in [1.807, 2.05) is 0 Å². The summed E-state index contributed by atoms with van der Waals surface area (Å²) in [7, 11) is 1.10. The lowest BCUT2D eigenvalue weighted by Crippen LogP contribution is -2.50. The van der Waals surface area contributed by atoms with Crippen LogP contribution >= 0.6 is 0 Å². The maximum absolute atomic E-state index is 13.7. The van der Waals surface area contributed by atoms with Crippen LogP contribution in [0, 0.1) is 11.6 Å². The van der Waals surface area contributed by atoms with Crippen LogP contribution in [-0.2, 0) is 19.9 Å². The number of amides is 1. The Labute approximate surface area is 103 Å². The fourth-order valence-electron chi connectivity index (χ4n) is 1.67. The van der Waals surface area contributed by atoms with Gasteiger partial charge in [-0.05, 0) is 25.1 Å². The molecule has 1 aromatic carbocycles. The number of nitrogens with one attached hydrogen (secondary N) is 1. The number of benzene rings is 1. The first-order valence-corrected chi connectivity index (χ1v) is 5.14. The third-order valence-electron chi connectivity index (χ3n) is 2.49. The smallest absolute Gasteiger partial charge is 0.336 e. The van der Waals surface area contributed by atoms with Crippen molar-refractivity contribution in [2.45, 2.75) is 19.4 Å². The Bertz CT molecular complexity index is 490. The molecule has 1 rings (SSSR count). The lowest BCUT2D eigenvalue weighted by molar-refractivity contribution is -0.150. The van der Waals surface area contributed by atoms with Crippen molar-refractivity contribution in [3.8, 4) is 0 Å². The van der Waals surface area contributed by atoms with E-state index in [4.69, 9.17) is 0 Å². The summed E-state index contributed by atoms with van der Waals surface area (Å²) in [6.45, 7) is 2.41. The second-order valence-electron chi connectivity index (χ2n) is 3.92. The van der Waals surface area contributed by atoms with Crippen LogP contribution in [0.1, 0.15) is 19.4 Å². The molecule has 0 saturated carbocycles. The molecule has 4 nitrogen and oxygen atoms in total. The molecule has 1 atom stereocenters. The van der Waals surface area contributed by atoms with E-state index in [2.05, 4.69) is 10.1 Å². The molecule has 0 saturated heterocycles. The molecule has 0 aliphatic heterocycles. The fourth-order valence-corrected chi connectivity index (χ4v) is 1.67. The van der Waals surface area contributed by atoms with Crippen LogP contribution in [0.2, 0.25) is 0 Å². The first-order valence-electron chi connectivity index (χ1n) is 5.14. The maximum Gasteiger partial charge on any atom is 0.336 e. The number of carbonyl (C=O) groups is 2. The Balaban J connectivity index is 3.38. The zero-order valence-electron chi connectivity index (χ0n) is 10.2. The zero-order chi connectivity index (χ0) is 13.9. The zero-order valence-corrected chi connectivity index (χ0v) is 10.2. The highest BCUT2D eigenvalue weighted by molar-refractivity contribution is 5.88. The van der Waals surface area contributed by atoms with Gasteiger partial charge in [-0.1, -0.05) is 0 Å². The largest absolute Gasteiger partial charge is 0.467 e. The summed E-state index contributed by atoms with van der Waals surface area (Å²) >= 11 is 0. The van der Waals surface area contributed by atoms with Crippen molar-refractivity contribution in [3.63, 3.8) is 0 Å². The summed E-state index contributed by atoms with van der Waals surface area (Å²) in [4.78, 5) is 22.8. The van der Waals surface area contributed by atoms with Crippen LogP contribution in [0.4, 0.5) is 8.78 Å². The van der Waals surface area contributed by atoms with Crippen molar-refractivity contribution in [2.24, 2.45) is 0 Å². The Morgan fingerprint density at radius 1 is 1.33 bits per heavy atom. The standard InChI is InChI=1S/C12H13F2NO3/c1-7(16)15-12(2,11(17)18-3)9-6-8(13)4-5-10(9)14/h4-6H,1-3H3,(H,15,16). The van der Waals surface area contributed by atoms with E-state index in [0.717, 1.165) is 25.3 Å². The Hall–Kier alpha value is -1.98. The van der Waals surface area contributed by atoms with Crippen LogP contribution in [0.15, 0.2) is 18.2 Å². The lowest BCUT2D eigenvalue weighted by Gasteiger charge is -2.28. The summed E-state index contributed by atoms with van der Waals surface area (Å²) < 4.78 is 31.4. The third kappa shape index (κ3) is 2.64. The van der Waals surface area contributed by atoms with Gasteiger partial charge in [0.15, 0.2) is 5.54 Å². The summed E-state index contributed by atoms with van der Waals surface area (Å²) in [5, 5.41) is 2.27. The van der Waals surface area contributed by atoms with Crippen LogP contribution in [-0.4, -0.2) is 19.0 Å². The minimum absolute atomic E-state index is 0.287. The van der Waals surface area contributed by atoms with E-state index in [1.54, 1.807) is 0 Å². The van der Waals surface area contributed by atoms with Gasteiger partial charge in [0.05, 0.1) is 7.11 Å². The summed E-state index contributed by atoms with van der Waals surface area (Å²) in [6, 6.07) is 2.65. The molecule has 0 aliphatic rings. The Morgan fingerprint density at radius 2 is 1.94 bits per heavy atom. The minimum atomic E-state index is -1.77. The van der Waals surface area contributed by atoms with Crippen LogP contribution in [0.3, 0.4) is 0 Å². The number of hydrogen-bond donors (Lipinski definition) is 1. The quantitative estimate of drug-likeness (QED) is 0.835. The molecule has 6 heteroatoms. The van der Waals surface area contributed by atoms with E-state index >= 15 is 0 Å². The predicted octanol–water partition coefficient (Wildman–Crippen LogP) is 1.49. The molecular weight excluding hydrogens is 244 g/mol. The molecule has 1 unspecified atom stereocenters. The summed E-state index contributed by atoms with van der Waals surface area (Å²) in [5.41, 5.74) is -2.06. The van der Waals surface area contributed by atoms with Crippen molar-refractivity contribution >= 4 is 11.9 Å². The van der Waals surface area contributed by atoms with Crippen molar-refractivity contribution in [1.29, 1.82) is 0 Å². The molecule has 0 fully saturated rings. The summed E-state index contributed by atoms with van der Waals surface area (Å²) in [5.74, 6) is -2.97. The van der Waals surface area contributed by atoms with Gasteiger partial charge in [-0.2, -0.15) is 0 Å². The summed E-state index contributed by atoms with van der Waals surface area (Å²) in [6.07, 6.45) is 0. The molecule has 1 amide bonds. The molecule has 0 bridgehead atoms. The van der Waals surface area contributed by atoms with Gasteiger partial charge in [0.25, 0.3) is 0 Å². The van der Waals surface area contributed by atoms with Gasteiger partial charge >= 0.3 is 5.97 Å². The predicted molar refractivity (Wildman–Crippen MR) is 59.5 cm³/mol. The van der Waals surface area contributed by atoms with Crippen LogP contribution in [0.25, 0.3) is 0 Å². The Kier molecular flexibility index (Phi) is 4.00. The van der Waals surface area contributed by atoms with Gasteiger partial charge in [0.1, 0.15) is 11.6 Å². The number of esters is 1. The van der Waals surface area contributed by atoms with Crippen molar-refractivity contribution in [3.05, 3.63) is 35.4 Å². The highest BCUT2D eigenvalue weighted by atomic mass is 19.1. The highest BCUT2D eigenvalue weighted by Crippen LogP contribution is 2.26. The van der Waals surface area contributed by atoms with Gasteiger partial charge in [-0.3, -0.25) is 4.79 Å². The lowest BCUT2D eigenvalue weighted by atomic mass is 9.91. The second-order valence-corrected chi connectivity index (χ2v) is 3.92. The van der Waals surface area contributed by atoms with Gasteiger partial charge in [-0.25, -0.2) is 13.6 Å².